The molecule has 0 amide bonds. The fraction of sp³-hybridized carbons (Fsp3) is 0.231. The number of hydrogen-bond donors (Lipinski definition) is 0. The molecule has 0 saturated heterocycles. The van der Waals surface area contributed by atoms with Crippen LogP contribution in [0.3, 0.4) is 0 Å². The molecule has 0 bridgehead atoms. The summed E-state index contributed by atoms with van der Waals surface area (Å²) in [5, 5.41) is 0. The van der Waals surface area contributed by atoms with E-state index in [9.17, 15) is 18.0 Å². The Morgan fingerprint density at radius 1 is 0.895 bits per heavy atom. The summed E-state index contributed by atoms with van der Waals surface area (Å²) in [5.74, 6) is 0.419. The van der Waals surface area contributed by atoms with Gasteiger partial charge in [0.1, 0.15) is 5.75 Å². The molecule has 0 saturated carbocycles. The number of imidazole rings is 1. The summed E-state index contributed by atoms with van der Waals surface area (Å²) in [4.78, 5) is 25.9. The normalized spacial score (nSPS) is 11.8. The van der Waals surface area contributed by atoms with Crippen LogP contribution in [0.2, 0.25) is 0 Å². The Morgan fingerprint density at radius 2 is 1.66 bits per heavy atom. The maximum absolute atomic E-state index is 13.9. The van der Waals surface area contributed by atoms with Crippen LogP contribution in [-0.4, -0.2) is 42.4 Å². The molecule has 11 nitrogen and oxygen atoms in total. The third-order valence-corrected chi connectivity index (χ3v) is 7.84. The highest BCUT2D eigenvalue weighted by molar-refractivity contribution is 7.90. The molecule has 0 spiro atoms. The van der Waals surface area contributed by atoms with E-state index >= 15 is 0 Å². The molecule has 0 radical (unpaired) electrons. The molecule has 2 aromatic heterocycles. The van der Waals surface area contributed by atoms with Gasteiger partial charge in [-0.3, -0.25) is 9.13 Å². The van der Waals surface area contributed by atoms with Crippen LogP contribution in [0, 0.1) is 0 Å². The van der Waals surface area contributed by atoms with E-state index in [1.54, 1.807) is 30.3 Å². The summed E-state index contributed by atoms with van der Waals surface area (Å²) in [6.07, 6.45) is 0.791. The fourth-order valence-corrected chi connectivity index (χ4v) is 5.69. The number of oxazole rings is 1. The molecule has 0 unspecified atom stereocenters. The summed E-state index contributed by atoms with van der Waals surface area (Å²) in [7, 11) is -0.106. The molecule has 198 valence electrons. The van der Waals surface area contributed by atoms with Crippen LogP contribution < -0.4 is 25.7 Å². The number of hydrogen-bond acceptors (Lipinski definition) is 8. The Kier molecular flexibility index (Phi) is 6.27. The second-order valence-corrected chi connectivity index (χ2v) is 10.3. The molecule has 5 rings (SSSR count). The Hall–Kier alpha value is -4.45. The minimum atomic E-state index is -4.45. The van der Waals surface area contributed by atoms with Gasteiger partial charge >= 0.3 is 11.4 Å². The molecule has 5 aromatic rings. The van der Waals surface area contributed by atoms with E-state index in [2.05, 4.69) is 0 Å². The number of aromatic nitrogens is 3. The van der Waals surface area contributed by atoms with Crippen molar-refractivity contribution in [3.8, 4) is 22.9 Å². The monoisotopic (exact) mass is 539 g/mol. The molecule has 0 N–H and O–H groups in total. The van der Waals surface area contributed by atoms with E-state index in [-0.39, 0.29) is 27.3 Å². The Morgan fingerprint density at radius 3 is 2.37 bits per heavy atom. The van der Waals surface area contributed by atoms with E-state index in [4.69, 9.17) is 18.6 Å². The molecule has 38 heavy (non-hydrogen) atoms. The SMILES string of the molecule is CCCOc1cccc(-n2c(=O)n(S(=O)(=O)c3ccc(OC)c(OC)c3)c3cc4oc(=O)n(C)c4cc32)c1. The summed E-state index contributed by atoms with van der Waals surface area (Å²) in [6, 6.07) is 13.8. The zero-order valence-corrected chi connectivity index (χ0v) is 21.9. The molecular weight excluding hydrogens is 514 g/mol. The first-order valence-corrected chi connectivity index (χ1v) is 13.1. The van der Waals surface area contributed by atoms with Gasteiger partial charge in [-0.05, 0) is 36.8 Å². The van der Waals surface area contributed by atoms with Crippen LogP contribution in [0.25, 0.3) is 27.8 Å². The highest BCUT2D eigenvalue weighted by Gasteiger charge is 2.28. The van der Waals surface area contributed by atoms with Crippen molar-refractivity contribution in [1.82, 2.24) is 13.1 Å². The first kappa shape index (κ1) is 25.2. The second kappa shape index (κ2) is 9.45. The zero-order chi connectivity index (χ0) is 27.2. The maximum Gasteiger partial charge on any atom is 0.419 e. The minimum Gasteiger partial charge on any atom is -0.494 e. The van der Waals surface area contributed by atoms with Crippen molar-refractivity contribution in [2.24, 2.45) is 7.05 Å². The Labute approximate surface area is 217 Å². The van der Waals surface area contributed by atoms with Gasteiger partial charge in [0.25, 0.3) is 10.0 Å². The van der Waals surface area contributed by atoms with Crippen LogP contribution in [-0.2, 0) is 17.1 Å². The topological polar surface area (TPSA) is 124 Å². The predicted molar refractivity (Wildman–Crippen MR) is 140 cm³/mol. The summed E-state index contributed by atoms with van der Waals surface area (Å²) >= 11 is 0. The van der Waals surface area contributed by atoms with Gasteiger partial charge in [0, 0.05) is 25.2 Å². The lowest BCUT2D eigenvalue weighted by molar-refractivity contribution is 0.317. The van der Waals surface area contributed by atoms with Crippen molar-refractivity contribution < 1.29 is 27.0 Å². The average Bonchev–Trinajstić information content (AvgIpc) is 3.36. The average molecular weight is 540 g/mol. The minimum absolute atomic E-state index is 0.0338. The molecule has 0 fully saturated rings. The van der Waals surface area contributed by atoms with Crippen LogP contribution in [0.15, 0.2) is 73.5 Å². The molecule has 12 heteroatoms. The van der Waals surface area contributed by atoms with Gasteiger partial charge in [0.2, 0.25) is 0 Å². The number of ether oxygens (including phenoxy) is 3. The molecule has 0 aliphatic rings. The number of fused-ring (bicyclic) bond motifs is 2. The molecule has 0 aliphatic carbocycles. The van der Waals surface area contributed by atoms with Crippen molar-refractivity contribution in [2.75, 3.05) is 20.8 Å². The molecule has 0 aliphatic heterocycles. The van der Waals surface area contributed by atoms with Crippen LogP contribution in [0.1, 0.15) is 13.3 Å². The van der Waals surface area contributed by atoms with Gasteiger partial charge in [-0.15, -0.1) is 0 Å². The third kappa shape index (κ3) is 3.93. The van der Waals surface area contributed by atoms with Crippen molar-refractivity contribution in [2.45, 2.75) is 18.2 Å². The van der Waals surface area contributed by atoms with Gasteiger partial charge in [-0.2, -0.15) is 3.97 Å². The number of rotatable bonds is 8. The summed E-state index contributed by atoms with van der Waals surface area (Å²) in [5.41, 5.74) is 0.388. The van der Waals surface area contributed by atoms with E-state index < -0.39 is 21.5 Å². The lowest BCUT2D eigenvalue weighted by Crippen LogP contribution is -2.29. The Balaban J connectivity index is 1.84. The molecular formula is C26H25N3O8S. The van der Waals surface area contributed by atoms with Gasteiger partial charge < -0.3 is 18.6 Å². The summed E-state index contributed by atoms with van der Waals surface area (Å²) < 4.78 is 52.6. The number of methoxy groups -OCH3 is 2. The van der Waals surface area contributed by atoms with Gasteiger partial charge in [-0.25, -0.2) is 18.0 Å². The van der Waals surface area contributed by atoms with E-state index in [0.717, 1.165) is 6.42 Å². The lowest BCUT2D eigenvalue weighted by Gasteiger charge is -2.11. The molecule has 2 heterocycles. The first-order chi connectivity index (χ1) is 18.2. The fourth-order valence-electron chi connectivity index (χ4n) is 4.29. The molecule has 0 atom stereocenters. The largest absolute Gasteiger partial charge is 0.494 e. The standard InChI is InChI=1S/C26H25N3O8S/c1-5-11-36-17-8-6-7-16(12-17)28-19-14-21-23(37-26(31)27(21)2)15-20(19)29(25(28)30)38(32,33)18-9-10-22(34-3)24(13-18)35-4/h6-10,12-15H,5,11H2,1-4H3. The first-order valence-electron chi connectivity index (χ1n) is 11.7. The van der Waals surface area contributed by atoms with Crippen LogP contribution >= 0.6 is 0 Å². The van der Waals surface area contributed by atoms with E-state index in [1.165, 1.54) is 54.7 Å². The smallest absolute Gasteiger partial charge is 0.419 e. The summed E-state index contributed by atoms with van der Waals surface area (Å²) in [6.45, 7) is 2.45. The van der Waals surface area contributed by atoms with Crippen LogP contribution in [0.4, 0.5) is 0 Å². The highest BCUT2D eigenvalue weighted by atomic mass is 32.2. The number of nitrogens with zero attached hydrogens (tertiary/aromatic N) is 3. The Bertz CT molecular complexity index is 1910. The second-order valence-electron chi connectivity index (χ2n) is 8.49. The highest BCUT2D eigenvalue weighted by Crippen LogP contribution is 2.32. The molecule has 3 aromatic carbocycles. The van der Waals surface area contributed by atoms with Gasteiger partial charge in [-0.1, -0.05) is 13.0 Å². The van der Waals surface area contributed by atoms with Crippen molar-refractivity contribution in [3.05, 3.63) is 75.6 Å². The zero-order valence-electron chi connectivity index (χ0n) is 21.1. The van der Waals surface area contributed by atoms with E-state index in [1.807, 2.05) is 6.92 Å². The van der Waals surface area contributed by atoms with Crippen molar-refractivity contribution in [3.63, 3.8) is 0 Å². The van der Waals surface area contributed by atoms with Crippen molar-refractivity contribution in [1.29, 1.82) is 0 Å². The number of benzene rings is 3. The van der Waals surface area contributed by atoms with Gasteiger partial charge in [0.15, 0.2) is 17.1 Å². The van der Waals surface area contributed by atoms with Crippen molar-refractivity contribution >= 4 is 32.2 Å². The van der Waals surface area contributed by atoms with E-state index in [0.29, 0.717) is 33.3 Å². The third-order valence-electron chi connectivity index (χ3n) is 6.16. The quantitative estimate of drug-likeness (QED) is 0.294. The van der Waals surface area contributed by atoms with Crippen LogP contribution in [0.5, 0.6) is 17.2 Å². The maximum atomic E-state index is 13.9. The van der Waals surface area contributed by atoms with Gasteiger partial charge in [0.05, 0.1) is 48.0 Å². The predicted octanol–water partition coefficient (Wildman–Crippen LogP) is 3.28. The number of aryl methyl sites for hydroxylation is 1. The lowest BCUT2D eigenvalue weighted by atomic mass is 10.2.